The molecule has 0 radical (unpaired) electrons. The maximum absolute atomic E-state index is 13.5. The monoisotopic (exact) mass is 267 g/mol. The van der Waals surface area contributed by atoms with E-state index < -0.39 is 17.6 Å². The number of aliphatic carboxylic acids is 1. The number of benzene rings is 1. The van der Waals surface area contributed by atoms with Gasteiger partial charge in [-0.1, -0.05) is 0 Å². The molecule has 0 saturated carbocycles. The van der Waals surface area contributed by atoms with Gasteiger partial charge in [0.05, 0.1) is 5.69 Å². The molecule has 92 valence electrons. The van der Waals surface area contributed by atoms with E-state index in [0.29, 0.717) is 10.7 Å². The topological polar surface area (TPSA) is 50.2 Å². The van der Waals surface area contributed by atoms with Crippen LogP contribution in [-0.4, -0.2) is 16.1 Å². The van der Waals surface area contributed by atoms with Crippen molar-refractivity contribution >= 4 is 23.4 Å². The van der Waals surface area contributed by atoms with Crippen molar-refractivity contribution in [3.05, 3.63) is 47.0 Å². The molecule has 1 aromatic carbocycles. The summed E-state index contributed by atoms with van der Waals surface area (Å²) in [6.07, 6.45) is 2.25. The highest BCUT2D eigenvalue weighted by Crippen LogP contribution is 2.27. The van der Waals surface area contributed by atoms with Gasteiger partial charge in [-0.15, -0.1) is 11.3 Å². The lowest BCUT2D eigenvalue weighted by Crippen LogP contribution is -1.87. The Balaban J connectivity index is 2.32. The second-order valence-corrected chi connectivity index (χ2v) is 4.23. The molecule has 0 amide bonds. The van der Waals surface area contributed by atoms with Gasteiger partial charge in [0.25, 0.3) is 0 Å². The fourth-order valence-corrected chi connectivity index (χ4v) is 2.12. The molecule has 0 spiro atoms. The van der Waals surface area contributed by atoms with Gasteiger partial charge in [-0.25, -0.2) is 18.6 Å². The zero-order valence-corrected chi connectivity index (χ0v) is 9.75. The Morgan fingerprint density at radius 1 is 1.39 bits per heavy atom. The van der Waals surface area contributed by atoms with Crippen LogP contribution in [0.4, 0.5) is 8.78 Å². The van der Waals surface area contributed by atoms with Crippen LogP contribution >= 0.6 is 11.3 Å². The summed E-state index contributed by atoms with van der Waals surface area (Å²) in [6.45, 7) is 0. The molecule has 0 bridgehead atoms. The molecule has 0 unspecified atom stereocenters. The van der Waals surface area contributed by atoms with E-state index in [9.17, 15) is 13.6 Å². The molecule has 0 saturated heterocycles. The predicted molar refractivity (Wildman–Crippen MR) is 64.1 cm³/mol. The summed E-state index contributed by atoms with van der Waals surface area (Å²) in [4.78, 5) is 14.4. The van der Waals surface area contributed by atoms with Crippen LogP contribution in [0.2, 0.25) is 0 Å². The first-order valence-corrected chi connectivity index (χ1v) is 5.76. The van der Waals surface area contributed by atoms with Crippen molar-refractivity contribution in [2.24, 2.45) is 0 Å². The summed E-state index contributed by atoms with van der Waals surface area (Å²) in [5, 5.41) is 10.4. The highest BCUT2D eigenvalue weighted by Gasteiger charge is 2.09. The molecule has 2 aromatic rings. The maximum atomic E-state index is 13.5. The zero-order valence-electron chi connectivity index (χ0n) is 8.93. The Bertz CT molecular complexity index is 622. The molecule has 1 aromatic heterocycles. The molecule has 0 atom stereocenters. The molecule has 0 aliphatic carbocycles. The maximum Gasteiger partial charge on any atom is 0.328 e. The van der Waals surface area contributed by atoms with Crippen molar-refractivity contribution in [3.63, 3.8) is 0 Å². The summed E-state index contributed by atoms with van der Waals surface area (Å²) in [7, 11) is 0. The smallest absolute Gasteiger partial charge is 0.328 e. The standard InChI is InChI=1S/C12H7F2NO2S/c13-7-1-3-9(10(14)5-7)12-15-8(6-18-12)2-4-11(16)17/h1-6H,(H,16,17)/b4-2+. The molecule has 3 nitrogen and oxygen atoms in total. The average Bonchev–Trinajstić information content (AvgIpc) is 2.75. The quantitative estimate of drug-likeness (QED) is 0.869. The van der Waals surface area contributed by atoms with Crippen molar-refractivity contribution in [1.29, 1.82) is 0 Å². The van der Waals surface area contributed by atoms with Gasteiger partial charge >= 0.3 is 5.97 Å². The van der Waals surface area contributed by atoms with Crippen LogP contribution in [0.5, 0.6) is 0 Å². The minimum atomic E-state index is -1.09. The third kappa shape index (κ3) is 2.78. The Morgan fingerprint density at radius 2 is 2.17 bits per heavy atom. The summed E-state index contributed by atoms with van der Waals surface area (Å²) < 4.78 is 26.2. The minimum Gasteiger partial charge on any atom is -0.478 e. The molecular formula is C12H7F2NO2S. The largest absolute Gasteiger partial charge is 0.478 e. The van der Waals surface area contributed by atoms with Crippen LogP contribution in [0, 0.1) is 11.6 Å². The minimum absolute atomic E-state index is 0.191. The van der Waals surface area contributed by atoms with Crippen LogP contribution in [0.3, 0.4) is 0 Å². The number of aromatic nitrogens is 1. The van der Waals surface area contributed by atoms with Crippen molar-refractivity contribution in [2.45, 2.75) is 0 Å². The second-order valence-electron chi connectivity index (χ2n) is 3.37. The van der Waals surface area contributed by atoms with Crippen LogP contribution in [0.1, 0.15) is 5.69 Å². The lowest BCUT2D eigenvalue weighted by atomic mass is 10.2. The molecule has 1 N–H and O–H groups in total. The highest BCUT2D eigenvalue weighted by atomic mass is 32.1. The average molecular weight is 267 g/mol. The van der Waals surface area contributed by atoms with Gasteiger partial charge in [-0.3, -0.25) is 0 Å². The fourth-order valence-electron chi connectivity index (χ4n) is 1.31. The molecular weight excluding hydrogens is 260 g/mol. The number of rotatable bonds is 3. The van der Waals surface area contributed by atoms with E-state index in [1.807, 2.05) is 0 Å². The number of carboxylic acids is 1. The van der Waals surface area contributed by atoms with E-state index >= 15 is 0 Å². The molecule has 18 heavy (non-hydrogen) atoms. The number of carbonyl (C=O) groups is 1. The van der Waals surface area contributed by atoms with Crippen LogP contribution in [-0.2, 0) is 4.79 Å². The van der Waals surface area contributed by atoms with Crippen LogP contribution in [0.25, 0.3) is 16.6 Å². The van der Waals surface area contributed by atoms with E-state index in [0.717, 1.165) is 29.5 Å². The molecule has 0 fully saturated rings. The third-order valence-corrected chi connectivity index (χ3v) is 2.97. The van der Waals surface area contributed by atoms with Crippen LogP contribution < -0.4 is 0 Å². The molecule has 1 heterocycles. The number of carboxylic acid groups (broad SMARTS) is 1. The van der Waals surface area contributed by atoms with E-state index in [2.05, 4.69) is 4.98 Å². The van der Waals surface area contributed by atoms with Gasteiger partial charge in [0, 0.05) is 23.1 Å². The molecule has 0 aliphatic heterocycles. The molecule has 2 rings (SSSR count). The van der Waals surface area contributed by atoms with Gasteiger partial charge in [0.1, 0.15) is 16.6 Å². The normalized spacial score (nSPS) is 11.0. The lowest BCUT2D eigenvalue weighted by Gasteiger charge is -1.98. The van der Waals surface area contributed by atoms with Crippen LogP contribution in [0.15, 0.2) is 29.7 Å². The first-order chi connectivity index (χ1) is 8.56. The van der Waals surface area contributed by atoms with E-state index in [1.165, 1.54) is 12.1 Å². The van der Waals surface area contributed by atoms with E-state index in [1.54, 1.807) is 5.38 Å². The summed E-state index contributed by atoms with van der Waals surface area (Å²) >= 11 is 1.16. The Labute approximate surface area is 105 Å². The van der Waals surface area contributed by atoms with Crippen molar-refractivity contribution in [3.8, 4) is 10.6 Å². The zero-order chi connectivity index (χ0) is 13.1. The van der Waals surface area contributed by atoms with Crippen molar-refractivity contribution in [1.82, 2.24) is 4.98 Å². The first-order valence-electron chi connectivity index (χ1n) is 4.88. The van der Waals surface area contributed by atoms with Gasteiger partial charge in [-0.2, -0.15) is 0 Å². The Hall–Kier alpha value is -2.08. The SMILES string of the molecule is O=C(O)/C=C/c1csc(-c2ccc(F)cc2F)n1. The second kappa shape index (κ2) is 5.05. The van der Waals surface area contributed by atoms with Crippen molar-refractivity contribution in [2.75, 3.05) is 0 Å². The molecule has 6 heteroatoms. The van der Waals surface area contributed by atoms with Gasteiger partial charge in [0.2, 0.25) is 0 Å². The highest BCUT2D eigenvalue weighted by molar-refractivity contribution is 7.13. The number of hydrogen-bond acceptors (Lipinski definition) is 3. The van der Waals surface area contributed by atoms with E-state index in [-0.39, 0.29) is 5.56 Å². The number of nitrogens with zero attached hydrogens (tertiary/aromatic N) is 1. The number of thiazole rings is 1. The van der Waals surface area contributed by atoms with Gasteiger partial charge in [0.15, 0.2) is 0 Å². The fraction of sp³-hybridized carbons (Fsp3) is 0. The number of hydrogen-bond donors (Lipinski definition) is 1. The lowest BCUT2D eigenvalue weighted by molar-refractivity contribution is -0.131. The Kier molecular flexibility index (Phi) is 3.47. The van der Waals surface area contributed by atoms with E-state index in [4.69, 9.17) is 5.11 Å². The summed E-state index contributed by atoms with van der Waals surface area (Å²) in [5.41, 5.74) is 0.609. The van der Waals surface area contributed by atoms with Gasteiger partial charge < -0.3 is 5.11 Å². The first kappa shape index (κ1) is 12.4. The summed E-state index contributed by atoms with van der Waals surface area (Å²) in [5.74, 6) is -2.44. The van der Waals surface area contributed by atoms with Crippen molar-refractivity contribution < 1.29 is 18.7 Å². The predicted octanol–water partition coefficient (Wildman–Crippen LogP) is 3.19. The Morgan fingerprint density at radius 3 is 2.83 bits per heavy atom. The van der Waals surface area contributed by atoms with Gasteiger partial charge in [-0.05, 0) is 18.2 Å². The molecule has 0 aliphatic rings. The summed E-state index contributed by atoms with van der Waals surface area (Å²) in [6, 6.07) is 3.23. The third-order valence-electron chi connectivity index (χ3n) is 2.08. The number of halogens is 2.